The van der Waals surface area contributed by atoms with E-state index in [0.29, 0.717) is 48.9 Å². The highest BCUT2D eigenvalue weighted by Crippen LogP contribution is 2.25. The molecule has 8 nitrogen and oxygen atoms in total. The number of fused-ring (bicyclic) bond motifs is 1. The minimum absolute atomic E-state index is 0.0352. The Labute approximate surface area is 197 Å². The molecule has 3 heterocycles. The Bertz CT molecular complexity index is 1070. The van der Waals surface area contributed by atoms with Crippen molar-refractivity contribution in [1.29, 1.82) is 0 Å². The van der Waals surface area contributed by atoms with E-state index in [0.717, 1.165) is 50.1 Å². The Balaban J connectivity index is 1.39. The van der Waals surface area contributed by atoms with Gasteiger partial charge in [0.1, 0.15) is 5.82 Å². The molecule has 9 heteroatoms. The summed E-state index contributed by atoms with van der Waals surface area (Å²) in [7, 11) is -1.57. The molecular weight excluding hydrogens is 438 g/mol. The molecule has 2 saturated heterocycles. The summed E-state index contributed by atoms with van der Waals surface area (Å²) in [6.07, 6.45) is 7.32. The molecule has 1 atom stereocenters. The minimum Gasteiger partial charge on any atom is -0.355 e. The molecule has 1 N–H and O–H groups in total. The molecule has 33 heavy (non-hydrogen) atoms. The standard InChI is InChI=1S/C24H37N5O3S/c1-3-19(28-13-7-8-14-28)18-25-24(30)12-11-23-26-21-17-20(9-10-22(21)27(23)2)33(31,32)29-15-5-4-6-16-29/h9-10,17,19H,3-8,11-16,18H2,1-2H3,(H,25,30). The van der Waals surface area contributed by atoms with Crippen LogP contribution in [0.2, 0.25) is 0 Å². The second-order valence-electron chi connectivity index (χ2n) is 9.31. The van der Waals surface area contributed by atoms with Crippen LogP contribution in [0.15, 0.2) is 23.1 Å². The van der Waals surface area contributed by atoms with Gasteiger partial charge in [0.2, 0.25) is 15.9 Å². The molecular formula is C24H37N5O3S. The van der Waals surface area contributed by atoms with Crippen LogP contribution in [0, 0.1) is 0 Å². The lowest BCUT2D eigenvalue weighted by Crippen LogP contribution is -2.42. The van der Waals surface area contributed by atoms with E-state index >= 15 is 0 Å². The second kappa shape index (κ2) is 10.5. The zero-order chi connectivity index (χ0) is 23.4. The Morgan fingerprint density at radius 1 is 1.09 bits per heavy atom. The maximum Gasteiger partial charge on any atom is 0.243 e. The minimum atomic E-state index is -3.49. The first-order valence-electron chi connectivity index (χ1n) is 12.4. The van der Waals surface area contributed by atoms with Gasteiger partial charge in [0.15, 0.2) is 0 Å². The van der Waals surface area contributed by atoms with Crippen molar-refractivity contribution in [1.82, 2.24) is 24.1 Å². The zero-order valence-corrected chi connectivity index (χ0v) is 20.7. The summed E-state index contributed by atoms with van der Waals surface area (Å²) >= 11 is 0. The normalized spacial score (nSPS) is 19.2. The van der Waals surface area contributed by atoms with E-state index in [1.165, 1.54) is 12.8 Å². The van der Waals surface area contributed by atoms with Gasteiger partial charge in [-0.25, -0.2) is 13.4 Å². The third-order valence-electron chi connectivity index (χ3n) is 7.14. The number of amides is 1. The third kappa shape index (κ3) is 5.41. The molecule has 0 spiro atoms. The molecule has 0 saturated carbocycles. The lowest BCUT2D eigenvalue weighted by molar-refractivity contribution is -0.121. The van der Waals surface area contributed by atoms with Gasteiger partial charge in [0.25, 0.3) is 0 Å². The van der Waals surface area contributed by atoms with E-state index in [1.807, 2.05) is 17.7 Å². The summed E-state index contributed by atoms with van der Waals surface area (Å²) in [6, 6.07) is 5.58. The summed E-state index contributed by atoms with van der Waals surface area (Å²) in [6.45, 7) is 6.29. The number of hydrogen-bond donors (Lipinski definition) is 1. The van der Waals surface area contributed by atoms with Crippen LogP contribution in [0.3, 0.4) is 0 Å². The molecule has 2 aliphatic heterocycles. The first kappa shape index (κ1) is 24.2. The Hall–Kier alpha value is -1.97. The van der Waals surface area contributed by atoms with Crippen molar-refractivity contribution < 1.29 is 13.2 Å². The monoisotopic (exact) mass is 475 g/mol. The van der Waals surface area contributed by atoms with E-state index in [9.17, 15) is 13.2 Å². The quantitative estimate of drug-likeness (QED) is 0.603. The fourth-order valence-corrected chi connectivity index (χ4v) is 6.59. The SMILES string of the molecule is CCC(CNC(=O)CCc1nc2cc(S(=O)(=O)N3CCCCC3)ccc2n1C)N1CCCC1. The van der Waals surface area contributed by atoms with Crippen LogP contribution in [0.25, 0.3) is 11.0 Å². The van der Waals surface area contributed by atoms with Gasteiger partial charge in [-0.15, -0.1) is 0 Å². The number of piperidine rings is 1. The van der Waals surface area contributed by atoms with Crippen molar-refractivity contribution in [2.45, 2.75) is 69.2 Å². The van der Waals surface area contributed by atoms with Crippen molar-refractivity contribution in [3.63, 3.8) is 0 Å². The molecule has 4 rings (SSSR count). The Kier molecular flexibility index (Phi) is 7.71. The summed E-state index contributed by atoms with van der Waals surface area (Å²) in [5.74, 6) is 0.826. The number of imidazole rings is 1. The summed E-state index contributed by atoms with van der Waals surface area (Å²) in [5.41, 5.74) is 1.54. The molecule has 2 fully saturated rings. The smallest absolute Gasteiger partial charge is 0.243 e. The van der Waals surface area contributed by atoms with Crippen molar-refractivity contribution in [3.8, 4) is 0 Å². The average molecular weight is 476 g/mol. The first-order chi connectivity index (χ1) is 15.9. The fraction of sp³-hybridized carbons (Fsp3) is 0.667. The van der Waals surface area contributed by atoms with Crippen molar-refractivity contribution in [2.24, 2.45) is 7.05 Å². The van der Waals surface area contributed by atoms with E-state index < -0.39 is 10.0 Å². The van der Waals surface area contributed by atoms with Crippen LogP contribution in [-0.4, -0.2) is 71.8 Å². The van der Waals surface area contributed by atoms with Gasteiger partial charge in [-0.2, -0.15) is 4.31 Å². The summed E-state index contributed by atoms with van der Waals surface area (Å²) in [4.78, 5) is 19.9. The van der Waals surface area contributed by atoms with Crippen LogP contribution >= 0.6 is 0 Å². The highest BCUT2D eigenvalue weighted by atomic mass is 32.2. The maximum atomic E-state index is 13.0. The number of aryl methyl sites for hydroxylation is 2. The number of aromatic nitrogens is 2. The van der Waals surface area contributed by atoms with Gasteiger partial charge in [0.05, 0.1) is 15.9 Å². The number of benzene rings is 1. The van der Waals surface area contributed by atoms with Gasteiger partial charge in [-0.1, -0.05) is 13.3 Å². The molecule has 182 valence electrons. The fourth-order valence-electron chi connectivity index (χ4n) is 5.05. The third-order valence-corrected chi connectivity index (χ3v) is 9.03. The molecule has 2 aromatic rings. The molecule has 2 aliphatic rings. The zero-order valence-electron chi connectivity index (χ0n) is 19.9. The van der Waals surface area contributed by atoms with Gasteiger partial charge < -0.3 is 9.88 Å². The Morgan fingerprint density at radius 3 is 2.48 bits per heavy atom. The summed E-state index contributed by atoms with van der Waals surface area (Å²) in [5, 5.41) is 3.10. The second-order valence-corrected chi connectivity index (χ2v) is 11.2. The lowest BCUT2D eigenvalue weighted by atomic mass is 10.2. The molecule has 1 aromatic heterocycles. The lowest BCUT2D eigenvalue weighted by Gasteiger charge is -2.26. The largest absolute Gasteiger partial charge is 0.355 e. The number of nitrogens with one attached hydrogen (secondary N) is 1. The molecule has 1 aromatic carbocycles. The highest BCUT2D eigenvalue weighted by molar-refractivity contribution is 7.89. The molecule has 0 aliphatic carbocycles. The number of nitrogens with zero attached hydrogens (tertiary/aromatic N) is 4. The topological polar surface area (TPSA) is 87.5 Å². The van der Waals surface area contributed by atoms with Crippen LogP contribution in [0.5, 0.6) is 0 Å². The maximum absolute atomic E-state index is 13.0. The molecule has 1 unspecified atom stereocenters. The highest BCUT2D eigenvalue weighted by Gasteiger charge is 2.26. The number of hydrogen-bond acceptors (Lipinski definition) is 5. The van der Waals surface area contributed by atoms with Crippen LogP contribution < -0.4 is 5.32 Å². The first-order valence-corrected chi connectivity index (χ1v) is 13.8. The molecule has 1 amide bonds. The average Bonchev–Trinajstić information content (AvgIpc) is 3.47. The number of likely N-dealkylation sites (tertiary alicyclic amines) is 1. The van der Waals surface area contributed by atoms with Crippen molar-refractivity contribution in [3.05, 3.63) is 24.0 Å². The molecule has 0 bridgehead atoms. The van der Waals surface area contributed by atoms with E-state index in [1.54, 1.807) is 16.4 Å². The van der Waals surface area contributed by atoms with Crippen LogP contribution in [0.4, 0.5) is 0 Å². The van der Waals surface area contributed by atoms with E-state index in [4.69, 9.17) is 0 Å². The predicted octanol–water partition coefficient (Wildman–Crippen LogP) is 2.67. The number of carbonyl (C=O) groups excluding carboxylic acids is 1. The number of carbonyl (C=O) groups is 1. The van der Waals surface area contributed by atoms with E-state index in [-0.39, 0.29) is 5.91 Å². The summed E-state index contributed by atoms with van der Waals surface area (Å²) < 4.78 is 29.6. The van der Waals surface area contributed by atoms with Gasteiger partial charge in [0, 0.05) is 45.6 Å². The van der Waals surface area contributed by atoms with Crippen molar-refractivity contribution >= 4 is 27.0 Å². The van der Waals surface area contributed by atoms with Gasteiger partial charge in [-0.05, 0) is 63.4 Å². The van der Waals surface area contributed by atoms with E-state index in [2.05, 4.69) is 22.1 Å². The molecule has 0 radical (unpaired) electrons. The van der Waals surface area contributed by atoms with Crippen LogP contribution in [-0.2, 0) is 28.3 Å². The van der Waals surface area contributed by atoms with Gasteiger partial charge in [-0.3, -0.25) is 9.69 Å². The number of rotatable bonds is 9. The van der Waals surface area contributed by atoms with Crippen molar-refractivity contribution in [2.75, 3.05) is 32.7 Å². The van der Waals surface area contributed by atoms with Crippen LogP contribution in [0.1, 0.15) is 57.7 Å². The van der Waals surface area contributed by atoms with Gasteiger partial charge >= 0.3 is 0 Å². The predicted molar refractivity (Wildman–Crippen MR) is 130 cm³/mol. The number of sulfonamides is 1. The Morgan fingerprint density at radius 2 is 1.79 bits per heavy atom.